The smallest absolute Gasteiger partial charge is 0.248 e. The fourth-order valence-electron chi connectivity index (χ4n) is 1.75. The first-order valence-corrected chi connectivity index (χ1v) is 6.34. The lowest BCUT2D eigenvalue weighted by Crippen LogP contribution is -2.07. The summed E-state index contributed by atoms with van der Waals surface area (Å²) in [5.41, 5.74) is 1.46. The first-order valence-electron chi connectivity index (χ1n) is 6.34. The molecule has 0 spiro atoms. The monoisotopic (exact) mass is 284 g/mol. The van der Waals surface area contributed by atoms with Crippen molar-refractivity contribution < 1.29 is 14.3 Å². The van der Waals surface area contributed by atoms with Crippen LogP contribution in [0, 0.1) is 0 Å². The van der Waals surface area contributed by atoms with Gasteiger partial charge in [0.1, 0.15) is 11.5 Å². The van der Waals surface area contributed by atoms with Crippen LogP contribution in [0.1, 0.15) is 5.56 Å². The molecule has 0 atom stereocenters. The van der Waals surface area contributed by atoms with Crippen molar-refractivity contribution in [3.8, 4) is 11.5 Å². The molecule has 0 aliphatic carbocycles. The number of nitrogens with zero attached hydrogens (tertiary/aromatic N) is 1. The molecular formula is C16H16N2O3. The van der Waals surface area contributed by atoms with E-state index in [0.717, 1.165) is 5.56 Å². The molecule has 2 aromatic rings. The molecule has 0 saturated heterocycles. The minimum Gasteiger partial charge on any atom is -0.497 e. The Labute approximate surface area is 123 Å². The number of hydrogen-bond donors (Lipinski definition) is 1. The van der Waals surface area contributed by atoms with Gasteiger partial charge in [0.2, 0.25) is 5.91 Å². The highest BCUT2D eigenvalue weighted by atomic mass is 16.5. The first kappa shape index (κ1) is 14.6. The molecule has 108 valence electrons. The number of rotatable bonds is 5. The number of pyridine rings is 1. The van der Waals surface area contributed by atoms with Gasteiger partial charge in [-0.25, -0.2) is 0 Å². The fraction of sp³-hybridized carbons (Fsp3) is 0.125. The van der Waals surface area contributed by atoms with E-state index >= 15 is 0 Å². The van der Waals surface area contributed by atoms with Crippen molar-refractivity contribution in [1.29, 1.82) is 0 Å². The van der Waals surface area contributed by atoms with E-state index in [4.69, 9.17) is 9.47 Å². The highest BCUT2D eigenvalue weighted by Crippen LogP contribution is 2.25. The molecule has 1 aromatic heterocycles. The number of ether oxygens (including phenoxy) is 2. The summed E-state index contributed by atoms with van der Waals surface area (Å²) in [5, 5.41) is 2.74. The second-order valence-electron chi connectivity index (χ2n) is 4.17. The van der Waals surface area contributed by atoms with Crippen molar-refractivity contribution in [1.82, 2.24) is 4.98 Å². The zero-order valence-electron chi connectivity index (χ0n) is 11.9. The van der Waals surface area contributed by atoms with Crippen LogP contribution in [0.3, 0.4) is 0 Å². The Bertz CT molecular complexity index is 639. The van der Waals surface area contributed by atoms with Gasteiger partial charge < -0.3 is 14.8 Å². The quantitative estimate of drug-likeness (QED) is 0.858. The van der Waals surface area contributed by atoms with Crippen molar-refractivity contribution in [2.24, 2.45) is 0 Å². The Balaban J connectivity index is 2.11. The van der Waals surface area contributed by atoms with Crippen molar-refractivity contribution in [3.63, 3.8) is 0 Å². The summed E-state index contributed by atoms with van der Waals surface area (Å²) in [6.45, 7) is 0. The molecule has 5 heteroatoms. The third-order valence-electron chi connectivity index (χ3n) is 2.80. The molecule has 0 unspecified atom stereocenters. The standard InChI is InChI=1S/C16H16N2O3/c1-20-14-4-5-15(21-2)12(11-14)3-6-16(19)18-13-7-9-17-10-8-13/h3-11H,1-2H3,(H,17,18,19)/b6-3+. The van der Waals surface area contributed by atoms with Crippen LogP contribution in [0.2, 0.25) is 0 Å². The maximum absolute atomic E-state index is 11.8. The minimum absolute atomic E-state index is 0.230. The SMILES string of the molecule is COc1ccc(OC)c(/C=C/C(=O)Nc2ccncc2)c1. The lowest BCUT2D eigenvalue weighted by atomic mass is 10.1. The number of nitrogens with one attached hydrogen (secondary N) is 1. The molecule has 0 aliphatic rings. The Hall–Kier alpha value is -2.82. The van der Waals surface area contributed by atoms with E-state index in [1.807, 2.05) is 0 Å². The van der Waals surface area contributed by atoms with Gasteiger partial charge in [0.05, 0.1) is 14.2 Å². The molecular weight excluding hydrogens is 268 g/mol. The summed E-state index contributed by atoms with van der Waals surface area (Å²) < 4.78 is 10.4. The Kier molecular flexibility index (Phi) is 4.93. The molecule has 1 heterocycles. The Morgan fingerprint density at radius 1 is 1.14 bits per heavy atom. The third-order valence-corrected chi connectivity index (χ3v) is 2.80. The Morgan fingerprint density at radius 2 is 1.90 bits per heavy atom. The predicted octanol–water partition coefficient (Wildman–Crippen LogP) is 2.75. The van der Waals surface area contributed by atoms with Crippen LogP contribution in [-0.2, 0) is 4.79 Å². The second-order valence-corrected chi connectivity index (χ2v) is 4.17. The van der Waals surface area contributed by atoms with Gasteiger partial charge in [0.25, 0.3) is 0 Å². The maximum Gasteiger partial charge on any atom is 0.248 e. The number of anilines is 1. The van der Waals surface area contributed by atoms with Crippen LogP contribution in [0.4, 0.5) is 5.69 Å². The summed E-state index contributed by atoms with van der Waals surface area (Å²) in [6.07, 6.45) is 6.35. The topological polar surface area (TPSA) is 60.5 Å². The van der Waals surface area contributed by atoms with E-state index in [2.05, 4.69) is 10.3 Å². The van der Waals surface area contributed by atoms with Crippen molar-refractivity contribution in [2.45, 2.75) is 0 Å². The lowest BCUT2D eigenvalue weighted by Gasteiger charge is -2.07. The molecule has 0 saturated carbocycles. The molecule has 1 amide bonds. The van der Waals surface area contributed by atoms with Gasteiger partial charge in [-0.15, -0.1) is 0 Å². The van der Waals surface area contributed by atoms with Crippen molar-refractivity contribution in [3.05, 3.63) is 54.4 Å². The van der Waals surface area contributed by atoms with Crippen molar-refractivity contribution >= 4 is 17.7 Å². The molecule has 1 N–H and O–H groups in total. The van der Waals surface area contributed by atoms with E-state index < -0.39 is 0 Å². The van der Waals surface area contributed by atoms with Gasteiger partial charge in [-0.2, -0.15) is 0 Å². The molecule has 0 fully saturated rings. The van der Waals surface area contributed by atoms with Crippen LogP contribution in [0.25, 0.3) is 6.08 Å². The normalized spacial score (nSPS) is 10.4. The fourth-order valence-corrected chi connectivity index (χ4v) is 1.75. The maximum atomic E-state index is 11.8. The zero-order chi connectivity index (χ0) is 15.1. The van der Waals surface area contributed by atoms with Gasteiger partial charge in [-0.1, -0.05) is 0 Å². The van der Waals surface area contributed by atoms with E-state index in [9.17, 15) is 4.79 Å². The Morgan fingerprint density at radius 3 is 2.57 bits per heavy atom. The van der Waals surface area contributed by atoms with E-state index in [1.165, 1.54) is 6.08 Å². The average Bonchev–Trinajstić information content (AvgIpc) is 2.53. The van der Waals surface area contributed by atoms with Crippen LogP contribution in [0.15, 0.2) is 48.8 Å². The lowest BCUT2D eigenvalue weighted by molar-refractivity contribution is -0.111. The summed E-state index contributed by atoms with van der Waals surface area (Å²) in [5.74, 6) is 1.14. The van der Waals surface area contributed by atoms with Gasteiger partial charge in [-0.3, -0.25) is 9.78 Å². The van der Waals surface area contributed by atoms with Gasteiger partial charge >= 0.3 is 0 Å². The van der Waals surface area contributed by atoms with Crippen molar-refractivity contribution in [2.75, 3.05) is 19.5 Å². The third kappa shape index (κ3) is 4.07. The summed E-state index contributed by atoms with van der Waals surface area (Å²) in [7, 11) is 3.17. The van der Waals surface area contributed by atoms with Crippen LogP contribution < -0.4 is 14.8 Å². The highest BCUT2D eigenvalue weighted by Gasteiger charge is 2.03. The second kappa shape index (κ2) is 7.09. The number of aromatic nitrogens is 1. The number of benzene rings is 1. The van der Waals surface area contributed by atoms with Crippen LogP contribution in [0.5, 0.6) is 11.5 Å². The number of methoxy groups -OCH3 is 2. The number of hydrogen-bond acceptors (Lipinski definition) is 4. The molecule has 5 nitrogen and oxygen atoms in total. The van der Waals surface area contributed by atoms with E-state index in [-0.39, 0.29) is 5.91 Å². The molecule has 0 radical (unpaired) electrons. The number of amides is 1. The molecule has 21 heavy (non-hydrogen) atoms. The van der Waals surface area contributed by atoms with Crippen LogP contribution in [-0.4, -0.2) is 25.1 Å². The molecule has 1 aromatic carbocycles. The summed E-state index contributed by atoms with van der Waals surface area (Å²) >= 11 is 0. The molecule has 2 rings (SSSR count). The van der Waals surface area contributed by atoms with E-state index in [0.29, 0.717) is 17.2 Å². The van der Waals surface area contributed by atoms with Gasteiger partial charge in [-0.05, 0) is 36.4 Å². The average molecular weight is 284 g/mol. The summed E-state index contributed by atoms with van der Waals surface area (Å²) in [4.78, 5) is 15.7. The zero-order valence-corrected chi connectivity index (χ0v) is 11.9. The number of carbonyl (C=O) groups is 1. The van der Waals surface area contributed by atoms with Crippen LogP contribution >= 0.6 is 0 Å². The predicted molar refractivity (Wildman–Crippen MR) is 81.4 cm³/mol. The largest absolute Gasteiger partial charge is 0.497 e. The molecule has 0 bridgehead atoms. The van der Waals surface area contributed by atoms with Gasteiger partial charge in [0.15, 0.2) is 0 Å². The van der Waals surface area contributed by atoms with E-state index in [1.54, 1.807) is 63.0 Å². The number of carbonyl (C=O) groups excluding carboxylic acids is 1. The first-order chi connectivity index (χ1) is 10.2. The highest BCUT2D eigenvalue weighted by molar-refractivity contribution is 6.02. The van der Waals surface area contributed by atoms with Gasteiger partial charge in [0, 0.05) is 29.7 Å². The minimum atomic E-state index is -0.230. The molecule has 0 aliphatic heterocycles. The summed E-state index contributed by atoms with van der Waals surface area (Å²) in [6, 6.07) is 8.83.